The number of nitrogens with zero attached hydrogens (tertiary/aromatic N) is 4. The Morgan fingerprint density at radius 1 is 1.21 bits per heavy atom. The molecule has 0 saturated heterocycles. The second-order valence-electron chi connectivity index (χ2n) is 6.30. The highest BCUT2D eigenvalue weighted by molar-refractivity contribution is 5.74. The minimum atomic E-state index is -2.92. The summed E-state index contributed by atoms with van der Waals surface area (Å²) in [6.45, 7) is 0.118. The Labute approximate surface area is 161 Å². The number of hydrogen-bond acceptors (Lipinski definition) is 5. The fraction of sp³-hybridized carbons (Fsp3) is 0.389. The summed E-state index contributed by atoms with van der Waals surface area (Å²) in [6, 6.07) is 1.04. The number of halogens is 3. The molecule has 1 aromatic carbocycles. The molecule has 2 rings (SSSR count). The third-order valence-electron chi connectivity index (χ3n) is 3.92. The Morgan fingerprint density at radius 2 is 1.86 bits per heavy atom. The molecule has 1 heterocycles. The molecular weight excluding hydrogens is 375 g/mol. The number of anilines is 1. The quantitative estimate of drug-likeness (QED) is 0.778. The number of urea groups is 1. The SMILES string of the molecule is COc1ccc(C(NC(=O)N(C)Cc2cnc(N(C)C)nc2)C(F)F)cc1F. The van der Waals surface area contributed by atoms with Gasteiger partial charge >= 0.3 is 6.03 Å². The van der Waals surface area contributed by atoms with Gasteiger partial charge in [-0.1, -0.05) is 6.07 Å². The average Bonchev–Trinajstić information content (AvgIpc) is 2.65. The van der Waals surface area contributed by atoms with E-state index in [2.05, 4.69) is 15.3 Å². The number of ether oxygens (including phenoxy) is 1. The fourth-order valence-corrected chi connectivity index (χ4v) is 2.42. The van der Waals surface area contributed by atoms with Crippen LogP contribution in [0.3, 0.4) is 0 Å². The molecule has 0 bridgehead atoms. The Bertz CT molecular complexity index is 802. The average molecular weight is 397 g/mol. The Balaban J connectivity index is 2.07. The maximum absolute atomic E-state index is 13.8. The van der Waals surface area contributed by atoms with Crippen molar-refractivity contribution in [2.24, 2.45) is 0 Å². The van der Waals surface area contributed by atoms with Crippen LogP contribution in [0.2, 0.25) is 0 Å². The highest BCUT2D eigenvalue weighted by Crippen LogP contribution is 2.26. The lowest BCUT2D eigenvalue weighted by Gasteiger charge is -2.24. The molecule has 1 atom stereocenters. The van der Waals surface area contributed by atoms with Crippen molar-refractivity contribution in [3.63, 3.8) is 0 Å². The molecule has 0 radical (unpaired) electrons. The van der Waals surface area contributed by atoms with Crippen molar-refractivity contribution >= 4 is 12.0 Å². The van der Waals surface area contributed by atoms with Crippen LogP contribution in [0.1, 0.15) is 17.2 Å². The van der Waals surface area contributed by atoms with Crippen LogP contribution < -0.4 is 15.0 Å². The first kappa shape index (κ1) is 21.3. The first-order valence-electron chi connectivity index (χ1n) is 8.34. The van der Waals surface area contributed by atoms with Crippen molar-refractivity contribution in [2.45, 2.75) is 19.0 Å². The van der Waals surface area contributed by atoms with Crippen LogP contribution in [-0.4, -0.2) is 55.6 Å². The number of carbonyl (C=O) groups is 1. The van der Waals surface area contributed by atoms with Crippen molar-refractivity contribution < 1.29 is 22.7 Å². The monoisotopic (exact) mass is 397 g/mol. The molecule has 1 unspecified atom stereocenters. The minimum Gasteiger partial charge on any atom is -0.494 e. The maximum Gasteiger partial charge on any atom is 0.318 e. The molecule has 1 N–H and O–H groups in total. The number of rotatable bonds is 7. The molecule has 0 aliphatic heterocycles. The van der Waals surface area contributed by atoms with Gasteiger partial charge in [0.05, 0.1) is 13.7 Å². The number of benzene rings is 1. The van der Waals surface area contributed by atoms with Gasteiger partial charge in [-0.2, -0.15) is 0 Å². The molecule has 0 fully saturated rings. The van der Waals surface area contributed by atoms with E-state index in [1.807, 2.05) is 0 Å². The largest absolute Gasteiger partial charge is 0.494 e. The van der Waals surface area contributed by atoms with E-state index in [-0.39, 0.29) is 17.9 Å². The molecule has 0 aliphatic rings. The number of methoxy groups -OCH3 is 1. The molecule has 152 valence electrons. The normalized spacial score (nSPS) is 11.9. The topological polar surface area (TPSA) is 70.6 Å². The van der Waals surface area contributed by atoms with Gasteiger partial charge < -0.3 is 19.9 Å². The van der Waals surface area contributed by atoms with Crippen LogP contribution in [0, 0.1) is 5.82 Å². The molecule has 7 nitrogen and oxygen atoms in total. The van der Waals surface area contributed by atoms with Gasteiger partial charge in [0, 0.05) is 39.1 Å². The number of aromatic nitrogens is 2. The van der Waals surface area contributed by atoms with Gasteiger partial charge in [0.25, 0.3) is 6.43 Å². The van der Waals surface area contributed by atoms with Gasteiger partial charge in [0.15, 0.2) is 11.6 Å². The summed E-state index contributed by atoms with van der Waals surface area (Å²) >= 11 is 0. The van der Waals surface area contributed by atoms with Crippen LogP contribution in [0.25, 0.3) is 0 Å². The van der Waals surface area contributed by atoms with Gasteiger partial charge in [-0.25, -0.2) is 27.9 Å². The number of alkyl halides is 2. The predicted molar refractivity (Wildman–Crippen MR) is 98.1 cm³/mol. The first-order chi connectivity index (χ1) is 13.2. The molecule has 0 aliphatic carbocycles. The lowest BCUT2D eigenvalue weighted by atomic mass is 10.1. The molecular formula is C18H22F3N5O2. The summed E-state index contributed by atoms with van der Waals surface area (Å²) in [5.41, 5.74) is 0.570. The van der Waals surface area contributed by atoms with Crippen LogP contribution in [0.4, 0.5) is 23.9 Å². The Morgan fingerprint density at radius 3 is 2.36 bits per heavy atom. The number of hydrogen-bond donors (Lipinski definition) is 1. The molecule has 0 saturated carbocycles. The van der Waals surface area contributed by atoms with E-state index >= 15 is 0 Å². The zero-order valence-electron chi connectivity index (χ0n) is 16.0. The third kappa shape index (κ3) is 5.24. The summed E-state index contributed by atoms with van der Waals surface area (Å²) in [4.78, 5) is 23.5. The molecule has 28 heavy (non-hydrogen) atoms. The molecule has 10 heteroatoms. The second kappa shape index (κ2) is 9.25. The van der Waals surface area contributed by atoms with Gasteiger partial charge in [-0.05, 0) is 17.7 Å². The van der Waals surface area contributed by atoms with E-state index in [9.17, 15) is 18.0 Å². The van der Waals surface area contributed by atoms with Crippen molar-refractivity contribution in [3.05, 3.63) is 47.5 Å². The van der Waals surface area contributed by atoms with Crippen molar-refractivity contribution in [3.8, 4) is 5.75 Å². The van der Waals surface area contributed by atoms with Crippen LogP contribution in [-0.2, 0) is 6.54 Å². The summed E-state index contributed by atoms with van der Waals surface area (Å²) in [5, 5.41) is 2.23. The summed E-state index contributed by atoms with van der Waals surface area (Å²) < 4.78 is 45.5. The Kier molecular flexibility index (Phi) is 7.02. The van der Waals surface area contributed by atoms with Gasteiger partial charge in [-0.3, -0.25) is 0 Å². The molecule has 2 aromatic rings. The van der Waals surface area contributed by atoms with E-state index < -0.39 is 24.3 Å². The van der Waals surface area contributed by atoms with E-state index in [4.69, 9.17) is 4.74 Å². The standard InChI is InChI=1S/C18H22F3N5O2/c1-25(2)17-22-8-11(9-23-17)10-26(3)18(27)24-15(16(20)21)12-5-6-14(28-4)13(19)7-12/h5-9,15-16H,10H2,1-4H3,(H,24,27). The highest BCUT2D eigenvalue weighted by atomic mass is 19.3. The van der Waals surface area contributed by atoms with Gasteiger partial charge in [0.2, 0.25) is 5.95 Å². The zero-order valence-corrected chi connectivity index (χ0v) is 16.0. The lowest BCUT2D eigenvalue weighted by molar-refractivity contribution is 0.0971. The maximum atomic E-state index is 13.8. The minimum absolute atomic E-state index is 0.0614. The summed E-state index contributed by atoms with van der Waals surface area (Å²) in [6.07, 6.45) is 0.179. The van der Waals surface area contributed by atoms with Crippen LogP contribution in [0.5, 0.6) is 5.75 Å². The molecule has 0 spiro atoms. The number of nitrogens with one attached hydrogen (secondary N) is 1. The van der Waals surface area contributed by atoms with E-state index in [0.29, 0.717) is 11.5 Å². The smallest absolute Gasteiger partial charge is 0.318 e. The van der Waals surface area contributed by atoms with Crippen molar-refractivity contribution in [2.75, 3.05) is 33.2 Å². The predicted octanol–water partition coefficient (Wildman–Crippen LogP) is 2.84. The van der Waals surface area contributed by atoms with E-state index in [1.165, 1.54) is 31.2 Å². The van der Waals surface area contributed by atoms with E-state index in [1.54, 1.807) is 31.4 Å². The zero-order chi connectivity index (χ0) is 20.8. The Hall–Kier alpha value is -3.04. The first-order valence-corrected chi connectivity index (χ1v) is 8.34. The summed E-state index contributed by atoms with van der Waals surface area (Å²) in [5.74, 6) is -0.345. The number of amides is 2. The molecule has 2 amide bonds. The van der Waals surface area contributed by atoms with Crippen molar-refractivity contribution in [1.29, 1.82) is 0 Å². The van der Waals surface area contributed by atoms with Crippen LogP contribution >= 0.6 is 0 Å². The fourth-order valence-electron chi connectivity index (χ4n) is 2.42. The van der Waals surface area contributed by atoms with Crippen molar-refractivity contribution in [1.82, 2.24) is 20.2 Å². The van der Waals surface area contributed by atoms with E-state index in [0.717, 1.165) is 6.07 Å². The lowest BCUT2D eigenvalue weighted by Crippen LogP contribution is -2.41. The summed E-state index contributed by atoms with van der Waals surface area (Å²) in [7, 11) is 6.31. The third-order valence-corrected chi connectivity index (χ3v) is 3.92. The van der Waals surface area contributed by atoms with Crippen LogP contribution in [0.15, 0.2) is 30.6 Å². The van der Waals surface area contributed by atoms with Gasteiger partial charge in [0.1, 0.15) is 6.04 Å². The molecule has 1 aromatic heterocycles. The number of carbonyl (C=O) groups excluding carboxylic acids is 1. The van der Waals surface area contributed by atoms with Gasteiger partial charge in [-0.15, -0.1) is 0 Å². The second-order valence-corrected chi connectivity index (χ2v) is 6.30. The highest BCUT2D eigenvalue weighted by Gasteiger charge is 2.26.